The van der Waals surface area contributed by atoms with Crippen LogP contribution < -0.4 is 33.3 Å². The summed E-state index contributed by atoms with van der Waals surface area (Å²) >= 11 is 0. The van der Waals surface area contributed by atoms with E-state index in [0.29, 0.717) is 34.5 Å². The van der Waals surface area contributed by atoms with E-state index in [4.69, 9.17) is 60.1 Å². The van der Waals surface area contributed by atoms with Crippen molar-refractivity contribution in [1.82, 2.24) is 4.86 Å². The molecular formula is C48H57N2O12P3. The number of nitrogens with zero attached hydrogens (tertiary/aromatic N) is 1. The van der Waals surface area contributed by atoms with Crippen molar-refractivity contribution >= 4 is 24.7 Å². The molecule has 346 valence electrons. The van der Waals surface area contributed by atoms with Crippen molar-refractivity contribution in [1.29, 1.82) is 0 Å². The van der Waals surface area contributed by atoms with Gasteiger partial charge in [0, 0.05) is 0 Å². The zero-order chi connectivity index (χ0) is 46.0. The van der Waals surface area contributed by atoms with Crippen molar-refractivity contribution in [3.8, 4) is 34.5 Å². The summed E-state index contributed by atoms with van der Waals surface area (Å²) in [5.41, 5.74) is 4.71. The van der Waals surface area contributed by atoms with E-state index in [1.807, 2.05) is 146 Å². The van der Waals surface area contributed by atoms with Gasteiger partial charge in [-0.3, -0.25) is 0 Å². The van der Waals surface area contributed by atoms with Gasteiger partial charge in [0.15, 0.2) is 0 Å². The topological polar surface area (TPSA) is 135 Å². The molecule has 0 fully saturated rings. The molecule has 6 aromatic rings. The summed E-state index contributed by atoms with van der Waals surface area (Å²) in [6, 6.07) is 44.9. The van der Waals surface area contributed by atoms with Crippen molar-refractivity contribution in [3.63, 3.8) is 0 Å². The standard InChI is InChI=1S/C48H57N2O12P3/c1-51-43-19-7-37(8-20-43)31-57-64(58-32-38-9-21-44(52-2)22-10-38,59-33-39-11-23-45(53-3)24-12-39)50-65(49-63,60-34-40-13-25-46(54-4)26-14-40,61-35-41-15-27-47(55-5)28-16-41)62-36-42-17-29-48(56-6)30-18-42/h7-30,49H,31-36,63H2,1-6H3. The van der Waals surface area contributed by atoms with Crippen LogP contribution in [0.1, 0.15) is 33.4 Å². The van der Waals surface area contributed by atoms with E-state index >= 15 is 0 Å². The van der Waals surface area contributed by atoms with Gasteiger partial charge in [-0.2, -0.15) is 0 Å². The fourth-order valence-corrected chi connectivity index (χ4v) is 12.9. The number of benzene rings is 6. The first-order chi connectivity index (χ1) is 31.6. The Morgan fingerprint density at radius 3 is 0.738 bits per heavy atom. The quantitative estimate of drug-likeness (QED) is 0.0517. The summed E-state index contributed by atoms with van der Waals surface area (Å²) in [6.45, 7) is -0.0873. The second-order valence-corrected chi connectivity index (χ2v) is 20.2. The Bertz CT molecular complexity index is 2150. The maximum atomic E-state index is 7.10. The van der Waals surface area contributed by atoms with E-state index in [1.54, 1.807) is 42.7 Å². The van der Waals surface area contributed by atoms with Crippen LogP contribution in [0.5, 0.6) is 34.5 Å². The van der Waals surface area contributed by atoms with Crippen LogP contribution in [0.4, 0.5) is 0 Å². The Balaban J connectivity index is 1.57. The Morgan fingerprint density at radius 1 is 0.354 bits per heavy atom. The minimum absolute atomic E-state index is 0.00525. The molecule has 0 radical (unpaired) electrons. The van der Waals surface area contributed by atoms with Crippen LogP contribution in [0.2, 0.25) is 0 Å². The number of rotatable bonds is 26. The van der Waals surface area contributed by atoms with Crippen molar-refractivity contribution in [2.45, 2.75) is 39.6 Å². The van der Waals surface area contributed by atoms with Gasteiger partial charge in [-0.05, 0) is 0 Å². The van der Waals surface area contributed by atoms with Crippen molar-refractivity contribution < 1.29 is 55.6 Å². The predicted molar refractivity (Wildman–Crippen MR) is 256 cm³/mol. The van der Waals surface area contributed by atoms with Crippen LogP contribution in [0, 0.1) is 0 Å². The molecule has 6 rings (SSSR count). The molecule has 1 N–H and O–H groups in total. The molecule has 65 heavy (non-hydrogen) atoms. The van der Waals surface area contributed by atoms with E-state index in [2.05, 4.69) is 14.2 Å². The van der Waals surface area contributed by atoms with Gasteiger partial charge in [-0.1, -0.05) is 0 Å². The third-order valence-corrected chi connectivity index (χ3v) is 17.0. The first kappa shape index (κ1) is 49.4. The van der Waals surface area contributed by atoms with Gasteiger partial charge in [0.2, 0.25) is 0 Å². The van der Waals surface area contributed by atoms with Crippen LogP contribution in [0.3, 0.4) is 0 Å². The molecule has 17 heteroatoms. The molecule has 14 nitrogen and oxygen atoms in total. The Kier molecular flexibility index (Phi) is 18.2. The normalized spacial score (nSPS) is 12.1. The molecule has 0 bridgehead atoms. The van der Waals surface area contributed by atoms with E-state index in [9.17, 15) is 0 Å². The number of hydrogen-bond acceptors (Lipinski definition) is 14. The second kappa shape index (κ2) is 23.9. The zero-order valence-corrected chi connectivity index (χ0v) is 40.4. The molecule has 0 aliphatic heterocycles. The molecule has 1 unspecified atom stereocenters. The number of methoxy groups -OCH3 is 6. The summed E-state index contributed by atoms with van der Waals surface area (Å²) in [7, 11) is 2.94. The predicted octanol–water partition coefficient (Wildman–Crippen LogP) is 11.8. The van der Waals surface area contributed by atoms with Crippen LogP contribution in [-0.2, 0) is 66.8 Å². The van der Waals surface area contributed by atoms with E-state index in [-0.39, 0.29) is 39.6 Å². The molecule has 1 atom stereocenters. The summed E-state index contributed by atoms with van der Waals surface area (Å²) in [6.07, 6.45) is 0. The van der Waals surface area contributed by atoms with Gasteiger partial charge < -0.3 is 0 Å². The van der Waals surface area contributed by atoms with Gasteiger partial charge in [-0.25, -0.2) is 0 Å². The second-order valence-electron chi connectivity index (χ2n) is 14.3. The molecule has 0 spiro atoms. The van der Waals surface area contributed by atoms with Gasteiger partial charge in [0.05, 0.1) is 0 Å². The monoisotopic (exact) mass is 946 g/mol. The SMILES string of the molecule is COc1ccc(COP(=NP(NP)(OCc2ccc(OC)cc2)(OCc2ccc(OC)cc2)OCc2ccc(OC)cc2)(OCc2ccc(OC)cc2)OCc2ccc(OC)cc2)cc1. The number of hydrogen-bond donors (Lipinski definition) is 1. The fourth-order valence-electron chi connectivity index (χ4n) is 6.07. The van der Waals surface area contributed by atoms with E-state index < -0.39 is 15.3 Å². The molecular weight excluding hydrogens is 889 g/mol. The first-order valence-corrected chi connectivity index (χ1v) is 24.5. The Morgan fingerprint density at radius 2 is 0.554 bits per heavy atom. The molecule has 6 aromatic carbocycles. The van der Waals surface area contributed by atoms with Gasteiger partial charge in [0.25, 0.3) is 0 Å². The molecule has 0 amide bonds. The molecule has 0 aliphatic carbocycles. The fraction of sp³-hybridized carbons (Fsp3) is 0.250. The maximum absolute atomic E-state index is 7.10. The van der Waals surface area contributed by atoms with Crippen molar-refractivity contribution in [3.05, 3.63) is 179 Å². The minimum atomic E-state index is -5.20. The van der Waals surface area contributed by atoms with Crippen LogP contribution in [0.25, 0.3) is 0 Å². The van der Waals surface area contributed by atoms with Crippen molar-refractivity contribution in [2.75, 3.05) is 42.7 Å². The Hall–Kier alpha value is -5.07. The summed E-state index contributed by atoms with van der Waals surface area (Å²) in [4.78, 5) is 3.28. The average Bonchev–Trinajstić information content (AvgIpc) is 3.38. The van der Waals surface area contributed by atoms with Crippen LogP contribution in [0.15, 0.2) is 150 Å². The molecule has 0 saturated heterocycles. The van der Waals surface area contributed by atoms with Crippen LogP contribution in [-0.4, -0.2) is 42.7 Å². The van der Waals surface area contributed by atoms with E-state index in [0.717, 1.165) is 33.4 Å². The van der Waals surface area contributed by atoms with Crippen LogP contribution >= 0.6 is 24.7 Å². The summed E-state index contributed by atoms with van der Waals surface area (Å²) in [5, 5.41) is 0. The summed E-state index contributed by atoms with van der Waals surface area (Å²) in [5.74, 6) is 4.11. The summed E-state index contributed by atoms with van der Waals surface area (Å²) < 4.78 is 80.4. The molecule has 0 aliphatic rings. The first-order valence-electron chi connectivity index (χ1n) is 20.5. The Labute approximate surface area is 384 Å². The molecule has 0 heterocycles. The third kappa shape index (κ3) is 14.0. The van der Waals surface area contributed by atoms with Gasteiger partial charge >= 0.3 is 385 Å². The number of nitrogens with one attached hydrogen (secondary N) is 1. The molecule has 0 aromatic heterocycles. The average molecular weight is 947 g/mol. The van der Waals surface area contributed by atoms with E-state index in [1.165, 1.54) is 0 Å². The third-order valence-electron chi connectivity index (χ3n) is 9.99. The zero-order valence-electron chi connectivity index (χ0n) is 37.4. The van der Waals surface area contributed by atoms with Crippen molar-refractivity contribution in [2.24, 2.45) is 4.52 Å². The number of ether oxygens (including phenoxy) is 6. The van der Waals surface area contributed by atoms with Gasteiger partial charge in [-0.15, -0.1) is 0 Å². The van der Waals surface area contributed by atoms with Gasteiger partial charge in [0.1, 0.15) is 0 Å². The molecule has 0 saturated carbocycles.